The molecule has 2 unspecified atom stereocenters. The van der Waals surface area contributed by atoms with Gasteiger partial charge in [-0.05, 0) is 44.9 Å². The summed E-state index contributed by atoms with van der Waals surface area (Å²) < 4.78 is 34.2. The zero-order chi connectivity index (χ0) is 38.6. The van der Waals surface area contributed by atoms with Crippen LogP contribution in [0.4, 0.5) is 0 Å². The smallest absolute Gasteiger partial charge is 0.462 e. The Labute approximate surface area is 319 Å². The Bertz CT molecular complexity index is 949. The molecule has 0 aromatic rings. The summed E-state index contributed by atoms with van der Waals surface area (Å²) in [5.74, 6) is -0.803. The number of hydrogen-bond donors (Lipinski definition) is 1. The standard InChI is InChI=1S/C42H80NO8P/c1-6-8-10-12-14-16-17-18-19-20-21-22-23-24-25-27-29-31-33-35-42(45)51-40(39-50-52(46,47)49-37-36-43(3,4)5)38-48-41(44)34-32-30-28-26-15-13-11-9-7-2/h14,16,18-19,40H,6-13,15,17,20-39H2,1-5H3/p+1/b16-14-,19-18-. The average Bonchev–Trinajstić information content (AvgIpc) is 3.09. The number of ether oxygens (including phenoxy) is 2. The molecular formula is C42H81NO8P+. The Morgan fingerprint density at radius 1 is 0.596 bits per heavy atom. The van der Waals surface area contributed by atoms with E-state index in [4.69, 9.17) is 18.5 Å². The van der Waals surface area contributed by atoms with Crippen molar-refractivity contribution in [2.75, 3.05) is 47.5 Å². The van der Waals surface area contributed by atoms with E-state index in [-0.39, 0.29) is 25.6 Å². The maximum absolute atomic E-state index is 12.7. The number of quaternary nitrogens is 1. The van der Waals surface area contributed by atoms with Gasteiger partial charge in [0, 0.05) is 12.8 Å². The lowest BCUT2D eigenvalue weighted by molar-refractivity contribution is -0.870. The lowest BCUT2D eigenvalue weighted by Crippen LogP contribution is -2.37. The summed E-state index contributed by atoms with van der Waals surface area (Å²) in [5.41, 5.74) is 0. The number of esters is 2. The third-order valence-electron chi connectivity index (χ3n) is 8.98. The van der Waals surface area contributed by atoms with E-state index in [0.29, 0.717) is 23.9 Å². The largest absolute Gasteiger partial charge is 0.472 e. The molecule has 0 fully saturated rings. The number of hydrogen-bond acceptors (Lipinski definition) is 7. The predicted octanol–water partition coefficient (Wildman–Crippen LogP) is 11.6. The first-order valence-corrected chi connectivity index (χ1v) is 22.6. The number of likely N-dealkylation sites (N-methyl/N-ethyl adjacent to an activating group) is 1. The fourth-order valence-electron chi connectivity index (χ4n) is 5.63. The number of rotatable bonds is 38. The molecule has 0 aromatic heterocycles. The minimum absolute atomic E-state index is 0.0324. The van der Waals surface area contributed by atoms with E-state index in [1.165, 1.54) is 103 Å². The van der Waals surface area contributed by atoms with Crippen LogP contribution in [0.5, 0.6) is 0 Å². The summed E-state index contributed by atoms with van der Waals surface area (Å²) in [6, 6.07) is 0. The fourth-order valence-corrected chi connectivity index (χ4v) is 6.37. The molecule has 52 heavy (non-hydrogen) atoms. The summed E-state index contributed by atoms with van der Waals surface area (Å²) in [5, 5.41) is 0. The Hall–Kier alpha value is -1.51. The molecule has 0 aliphatic carbocycles. The van der Waals surface area contributed by atoms with Crippen LogP contribution in [0.2, 0.25) is 0 Å². The minimum Gasteiger partial charge on any atom is -0.462 e. The van der Waals surface area contributed by atoms with Crippen molar-refractivity contribution < 1.29 is 42.1 Å². The van der Waals surface area contributed by atoms with Crippen LogP contribution in [0.3, 0.4) is 0 Å². The average molecular weight is 759 g/mol. The summed E-state index contributed by atoms with van der Waals surface area (Å²) in [4.78, 5) is 35.2. The van der Waals surface area contributed by atoms with Crippen LogP contribution < -0.4 is 0 Å². The van der Waals surface area contributed by atoms with E-state index in [1.54, 1.807) is 0 Å². The molecule has 1 N–H and O–H groups in total. The van der Waals surface area contributed by atoms with E-state index in [9.17, 15) is 19.0 Å². The molecule has 0 aliphatic heterocycles. The summed E-state index contributed by atoms with van der Waals surface area (Å²) >= 11 is 0. The topological polar surface area (TPSA) is 108 Å². The number of allylic oxidation sites excluding steroid dienone is 4. The molecule has 0 spiro atoms. The molecule has 0 saturated heterocycles. The highest BCUT2D eigenvalue weighted by atomic mass is 31.2. The second-order valence-electron chi connectivity index (χ2n) is 15.4. The van der Waals surface area contributed by atoms with Crippen LogP contribution in [0.15, 0.2) is 24.3 Å². The lowest BCUT2D eigenvalue weighted by atomic mass is 10.1. The van der Waals surface area contributed by atoms with Gasteiger partial charge in [-0.1, -0.05) is 147 Å². The van der Waals surface area contributed by atoms with Gasteiger partial charge in [0.2, 0.25) is 0 Å². The zero-order valence-corrected chi connectivity index (χ0v) is 35.2. The number of unbranched alkanes of at least 4 members (excludes halogenated alkanes) is 20. The third kappa shape index (κ3) is 38.2. The van der Waals surface area contributed by atoms with Crippen LogP contribution in [-0.4, -0.2) is 74.9 Å². The van der Waals surface area contributed by atoms with Gasteiger partial charge in [0.1, 0.15) is 19.8 Å². The monoisotopic (exact) mass is 759 g/mol. The van der Waals surface area contributed by atoms with Crippen LogP contribution in [-0.2, 0) is 32.7 Å². The van der Waals surface area contributed by atoms with Crippen molar-refractivity contribution in [1.29, 1.82) is 0 Å². The maximum atomic E-state index is 12.7. The second-order valence-corrected chi connectivity index (χ2v) is 16.8. The van der Waals surface area contributed by atoms with E-state index in [1.807, 2.05) is 21.1 Å². The van der Waals surface area contributed by atoms with E-state index >= 15 is 0 Å². The van der Waals surface area contributed by atoms with E-state index in [0.717, 1.165) is 44.9 Å². The van der Waals surface area contributed by atoms with Crippen molar-refractivity contribution in [3.63, 3.8) is 0 Å². The van der Waals surface area contributed by atoms with Crippen molar-refractivity contribution >= 4 is 19.8 Å². The molecule has 0 bridgehead atoms. The predicted molar refractivity (Wildman–Crippen MR) is 215 cm³/mol. The number of phosphoric acid groups is 1. The SMILES string of the molecule is CCCCC/C=C\C/C=C\CCCCCCCCCCCC(=O)OC(COC(=O)CCCCCCCCCCC)COP(=O)(O)OCC[N+](C)(C)C. The van der Waals surface area contributed by atoms with Gasteiger partial charge in [-0.3, -0.25) is 18.6 Å². The number of carbonyl (C=O) groups excluding carboxylic acids is 2. The molecule has 9 nitrogen and oxygen atoms in total. The molecule has 0 radical (unpaired) electrons. The molecule has 0 saturated carbocycles. The Kier molecular flexibility index (Phi) is 34.2. The number of phosphoric ester groups is 1. The van der Waals surface area contributed by atoms with Gasteiger partial charge >= 0.3 is 19.8 Å². The van der Waals surface area contributed by atoms with Crippen molar-refractivity contribution in [3.8, 4) is 0 Å². The first kappa shape index (κ1) is 50.5. The van der Waals surface area contributed by atoms with Gasteiger partial charge < -0.3 is 18.9 Å². The minimum atomic E-state index is -4.37. The molecule has 0 aliphatic rings. The third-order valence-corrected chi connectivity index (χ3v) is 9.97. The quantitative estimate of drug-likeness (QED) is 0.0218. The number of nitrogens with zero attached hydrogens (tertiary/aromatic N) is 1. The zero-order valence-electron chi connectivity index (χ0n) is 34.3. The fraction of sp³-hybridized carbons (Fsp3) is 0.857. The molecule has 0 rings (SSSR count). The van der Waals surface area contributed by atoms with Crippen molar-refractivity contribution in [2.45, 2.75) is 187 Å². The lowest BCUT2D eigenvalue weighted by Gasteiger charge is -2.24. The van der Waals surface area contributed by atoms with Gasteiger partial charge in [-0.25, -0.2) is 4.57 Å². The van der Waals surface area contributed by atoms with Crippen molar-refractivity contribution in [2.24, 2.45) is 0 Å². The molecule has 10 heteroatoms. The van der Waals surface area contributed by atoms with Gasteiger partial charge in [-0.15, -0.1) is 0 Å². The molecular weight excluding hydrogens is 677 g/mol. The highest BCUT2D eigenvalue weighted by Gasteiger charge is 2.27. The van der Waals surface area contributed by atoms with Gasteiger partial charge in [-0.2, -0.15) is 0 Å². The second kappa shape index (κ2) is 35.2. The Morgan fingerprint density at radius 2 is 1.04 bits per heavy atom. The van der Waals surface area contributed by atoms with Crippen molar-refractivity contribution in [3.05, 3.63) is 24.3 Å². The Balaban J connectivity index is 4.31. The summed E-state index contributed by atoms with van der Waals surface area (Å²) in [7, 11) is 1.48. The highest BCUT2D eigenvalue weighted by molar-refractivity contribution is 7.47. The first-order valence-electron chi connectivity index (χ1n) is 21.1. The Morgan fingerprint density at radius 3 is 1.56 bits per heavy atom. The highest BCUT2D eigenvalue weighted by Crippen LogP contribution is 2.43. The van der Waals surface area contributed by atoms with Crippen LogP contribution in [0, 0.1) is 0 Å². The van der Waals surface area contributed by atoms with Gasteiger partial charge in [0.05, 0.1) is 27.7 Å². The summed E-state index contributed by atoms with van der Waals surface area (Å²) in [6.07, 6.45) is 36.5. The number of carbonyl (C=O) groups is 2. The molecule has 306 valence electrons. The van der Waals surface area contributed by atoms with E-state index in [2.05, 4.69) is 38.2 Å². The maximum Gasteiger partial charge on any atom is 0.472 e. The first-order chi connectivity index (χ1) is 25.0. The van der Waals surface area contributed by atoms with E-state index < -0.39 is 26.5 Å². The molecule has 2 atom stereocenters. The molecule has 0 amide bonds. The van der Waals surface area contributed by atoms with Crippen molar-refractivity contribution in [1.82, 2.24) is 0 Å². The van der Waals surface area contributed by atoms with Crippen LogP contribution >= 0.6 is 7.82 Å². The molecule has 0 heterocycles. The van der Waals surface area contributed by atoms with Gasteiger partial charge in [0.25, 0.3) is 0 Å². The summed E-state index contributed by atoms with van der Waals surface area (Å²) in [6.45, 7) is 4.37. The van der Waals surface area contributed by atoms with Crippen LogP contribution in [0.1, 0.15) is 181 Å². The van der Waals surface area contributed by atoms with Gasteiger partial charge in [0.15, 0.2) is 6.10 Å². The normalized spacial score (nSPS) is 13.9. The van der Waals surface area contributed by atoms with Crippen LogP contribution in [0.25, 0.3) is 0 Å². The molecule has 0 aromatic carbocycles.